The van der Waals surface area contributed by atoms with E-state index >= 15 is 0 Å². The number of methoxy groups -OCH3 is 2. The average molecular weight is 357 g/mol. The molecule has 3 rings (SSSR count). The molecule has 0 spiro atoms. The maximum atomic E-state index is 12.3. The van der Waals surface area contributed by atoms with Gasteiger partial charge in [-0.1, -0.05) is 30.4 Å². The Morgan fingerprint density at radius 3 is 2.72 bits per heavy atom. The van der Waals surface area contributed by atoms with Crippen molar-refractivity contribution >= 4 is 38.4 Å². The van der Waals surface area contributed by atoms with Crippen LogP contribution in [0, 0.1) is 0 Å². The predicted octanol–water partition coefficient (Wildman–Crippen LogP) is 4.52. The van der Waals surface area contributed by atoms with Crippen molar-refractivity contribution in [1.82, 2.24) is 4.98 Å². The largest absolute Gasteiger partial charge is 0.497 e. The van der Waals surface area contributed by atoms with Gasteiger partial charge in [0.1, 0.15) is 11.5 Å². The zero-order valence-electron chi connectivity index (χ0n) is 14.3. The second-order valence-corrected chi connectivity index (χ2v) is 6.31. The summed E-state index contributed by atoms with van der Waals surface area (Å²) in [5.41, 5.74) is 2.66. The number of thiazole rings is 1. The van der Waals surface area contributed by atoms with Gasteiger partial charge in [-0.2, -0.15) is 0 Å². The van der Waals surface area contributed by atoms with E-state index in [4.69, 9.17) is 9.47 Å². The number of anilines is 2. The van der Waals surface area contributed by atoms with Gasteiger partial charge in [0.15, 0.2) is 5.13 Å². The van der Waals surface area contributed by atoms with Crippen LogP contribution in [0.5, 0.6) is 11.5 Å². The van der Waals surface area contributed by atoms with Gasteiger partial charge in [0.05, 0.1) is 30.1 Å². The summed E-state index contributed by atoms with van der Waals surface area (Å²) in [6.45, 7) is 2.09. The highest BCUT2D eigenvalue weighted by Crippen LogP contribution is 2.30. The van der Waals surface area contributed by atoms with Crippen LogP contribution in [0.3, 0.4) is 0 Å². The number of urea groups is 1. The fourth-order valence-electron chi connectivity index (χ4n) is 2.50. The van der Waals surface area contributed by atoms with E-state index in [-0.39, 0.29) is 6.03 Å². The summed E-state index contributed by atoms with van der Waals surface area (Å²) in [5, 5.41) is 6.11. The molecule has 6 nitrogen and oxygen atoms in total. The summed E-state index contributed by atoms with van der Waals surface area (Å²) in [6, 6.07) is 10.9. The second kappa shape index (κ2) is 7.40. The van der Waals surface area contributed by atoms with Crippen LogP contribution in [0.4, 0.5) is 15.6 Å². The molecule has 0 fully saturated rings. The van der Waals surface area contributed by atoms with Crippen molar-refractivity contribution in [2.24, 2.45) is 0 Å². The van der Waals surface area contributed by atoms with E-state index in [1.54, 1.807) is 25.3 Å². The van der Waals surface area contributed by atoms with Crippen LogP contribution < -0.4 is 20.1 Å². The molecule has 2 aromatic carbocycles. The van der Waals surface area contributed by atoms with Crippen molar-refractivity contribution in [2.45, 2.75) is 13.3 Å². The molecule has 0 bridgehead atoms. The molecule has 7 heteroatoms. The number of carbonyl (C=O) groups excluding carboxylic acids is 1. The molecule has 3 aromatic rings. The van der Waals surface area contributed by atoms with Crippen molar-refractivity contribution < 1.29 is 14.3 Å². The Kier molecular flexibility index (Phi) is 5.04. The number of aryl methyl sites for hydroxylation is 1. The van der Waals surface area contributed by atoms with Gasteiger partial charge < -0.3 is 14.8 Å². The average Bonchev–Trinajstić information content (AvgIpc) is 3.04. The van der Waals surface area contributed by atoms with E-state index in [0.29, 0.717) is 22.3 Å². The van der Waals surface area contributed by atoms with Gasteiger partial charge in [-0.05, 0) is 30.2 Å². The first-order valence-corrected chi connectivity index (χ1v) is 8.64. The number of benzene rings is 2. The Morgan fingerprint density at radius 1 is 1.16 bits per heavy atom. The lowest BCUT2D eigenvalue weighted by molar-refractivity contribution is 0.262. The lowest BCUT2D eigenvalue weighted by Gasteiger charge is -2.11. The van der Waals surface area contributed by atoms with Crippen LogP contribution in [-0.2, 0) is 6.42 Å². The smallest absolute Gasteiger partial charge is 0.325 e. The number of fused-ring (bicyclic) bond motifs is 1. The van der Waals surface area contributed by atoms with Crippen LogP contribution in [-0.4, -0.2) is 25.2 Å². The molecule has 0 aliphatic carbocycles. The minimum absolute atomic E-state index is 0.374. The summed E-state index contributed by atoms with van der Waals surface area (Å²) >= 11 is 1.45. The first-order chi connectivity index (χ1) is 12.1. The van der Waals surface area contributed by atoms with Gasteiger partial charge in [0.2, 0.25) is 0 Å². The number of para-hydroxylation sites is 1. The number of amides is 2. The molecule has 2 N–H and O–H groups in total. The van der Waals surface area contributed by atoms with E-state index in [2.05, 4.69) is 22.5 Å². The highest BCUT2D eigenvalue weighted by Gasteiger charge is 2.12. The molecule has 0 saturated carbocycles. The van der Waals surface area contributed by atoms with Crippen molar-refractivity contribution in [3.05, 3.63) is 42.0 Å². The van der Waals surface area contributed by atoms with Crippen LogP contribution >= 0.6 is 11.3 Å². The van der Waals surface area contributed by atoms with Crippen LogP contribution in [0.2, 0.25) is 0 Å². The topological polar surface area (TPSA) is 72.5 Å². The molecule has 0 saturated heterocycles. The molecule has 0 atom stereocenters. The Hall–Kier alpha value is -2.80. The van der Waals surface area contributed by atoms with Gasteiger partial charge in [-0.3, -0.25) is 5.32 Å². The first kappa shape index (κ1) is 17.0. The summed E-state index contributed by atoms with van der Waals surface area (Å²) in [5.74, 6) is 1.17. The van der Waals surface area contributed by atoms with E-state index in [1.807, 2.05) is 18.2 Å². The highest BCUT2D eigenvalue weighted by atomic mass is 32.1. The molecule has 0 aliphatic heterocycles. The van der Waals surface area contributed by atoms with Crippen molar-refractivity contribution in [3.63, 3.8) is 0 Å². The van der Waals surface area contributed by atoms with Crippen molar-refractivity contribution in [3.8, 4) is 11.5 Å². The predicted molar refractivity (Wildman–Crippen MR) is 101 cm³/mol. The lowest BCUT2D eigenvalue weighted by atomic mass is 10.1. The molecule has 0 aliphatic rings. The number of carbonyl (C=O) groups is 1. The Bertz CT molecular complexity index is 908. The molecular formula is C18H19N3O3S. The minimum Gasteiger partial charge on any atom is -0.497 e. The third kappa shape index (κ3) is 3.66. The molecule has 25 heavy (non-hydrogen) atoms. The third-order valence-electron chi connectivity index (χ3n) is 3.76. The molecule has 2 amide bonds. The van der Waals surface area contributed by atoms with Crippen LogP contribution in [0.15, 0.2) is 36.4 Å². The number of hydrogen-bond acceptors (Lipinski definition) is 5. The zero-order valence-corrected chi connectivity index (χ0v) is 15.1. The summed E-state index contributed by atoms with van der Waals surface area (Å²) < 4.78 is 11.5. The number of rotatable bonds is 5. The SMILES string of the molecule is CCc1cccc2sc(NC(=O)Nc3ccc(OC)cc3OC)nc12. The maximum absolute atomic E-state index is 12.3. The van der Waals surface area contributed by atoms with Gasteiger partial charge in [-0.15, -0.1) is 0 Å². The fraction of sp³-hybridized carbons (Fsp3) is 0.222. The van der Waals surface area contributed by atoms with Crippen LogP contribution in [0.25, 0.3) is 10.2 Å². The monoisotopic (exact) mass is 357 g/mol. The molecule has 0 unspecified atom stereocenters. The Labute approximate surface area is 149 Å². The highest BCUT2D eigenvalue weighted by molar-refractivity contribution is 7.22. The Balaban J connectivity index is 1.77. The van der Waals surface area contributed by atoms with Crippen molar-refractivity contribution in [2.75, 3.05) is 24.9 Å². The van der Waals surface area contributed by atoms with E-state index in [0.717, 1.165) is 16.6 Å². The molecular weight excluding hydrogens is 338 g/mol. The summed E-state index contributed by atoms with van der Waals surface area (Å²) in [4.78, 5) is 16.8. The second-order valence-electron chi connectivity index (χ2n) is 5.28. The maximum Gasteiger partial charge on any atom is 0.325 e. The number of aromatic nitrogens is 1. The Morgan fingerprint density at radius 2 is 2.00 bits per heavy atom. The van der Waals surface area contributed by atoms with Crippen LogP contribution in [0.1, 0.15) is 12.5 Å². The fourth-order valence-corrected chi connectivity index (χ4v) is 3.41. The summed E-state index contributed by atoms with van der Waals surface area (Å²) in [6.07, 6.45) is 0.899. The number of hydrogen-bond donors (Lipinski definition) is 2. The van der Waals surface area contributed by atoms with Gasteiger partial charge in [0.25, 0.3) is 0 Å². The number of ether oxygens (including phenoxy) is 2. The summed E-state index contributed by atoms with van der Waals surface area (Å²) in [7, 11) is 3.12. The molecule has 130 valence electrons. The number of nitrogens with one attached hydrogen (secondary N) is 2. The van der Waals surface area contributed by atoms with E-state index < -0.39 is 0 Å². The molecule has 1 aromatic heterocycles. The third-order valence-corrected chi connectivity index (χ3v) is 4.70. The minimum atomic E-state index is -0.374. The number of nitrogens with zero attached hydrogens (tertiary/aromatic N) is 1. The quantitative estimate of drug-likeness (QED) is 0.704. The van der Waals surface area contributed by atoms with E-state index in [9.17, 15) is 4.79 Å². The standard InChI is InChI=1S/C18H19N3O3S/c1-4-11-6-5-7-15-16(11)20-18(25-15)21-17(22)19-13-9-8-12(23-2)10-14(13)24-3/h5-10H,4H2,1-3H3,(H2,19,20,21,22). The van der Waals surface area contributed by atoms with Crippen molar-refractivity contribution in [1.29, 1.82) is 0 Å². The van der Waals surface area contributed by atoms with E-state index in [1.165, 1.54) is 24.0 Å². The van der Waals surface area contributed by atoms with Gasteiger partial charge in [-0.25, -0.2) is 9.78 Å². The zero-order chi connectivity index (χ0) is 17.8. The molecule has 0 radical (unpaired) electrons. The van der Waals surface area contributed by atoms with Gasteiger partial charge in [0, 0.05) is 6.07 Å². The normalized spacial score (nSPS) is 10.5. The first-order valence-electron chi connectivity index (χ1n) is 7.83. The van der Waals surface area contributed by atoms with Gasteiger partial charge >= 0.3 is 6.03 Å². The lowest BCUT2D eigenvalue weighted by Crippen LogP contribution is -2.19. The molecule has 1 heterocycles.